The number of nitrogens with one attached hydrogen (secondary N) is 1. The van der Waals surface area contributed by atoms with Crippen molar-refractivity contribution in [3.05, 3.63) is 180 Å². The molecule has 0 fully saturated rings. The van der Waals surface area contributed by atoms with Crippen LogP contribution in [-0.4, -0.2) is 10.8 Å². The Hall–Kier alpha value is -5.97. The molecule has 8 aromatic rings. The second-order valence-electron chi connectivity index (χ2n) is 13.1. The predicted molar refractivity (Wildman–Crippen MR) is 213 cm³/mol. The summed E-state index contributed by atoms with van der Waals surface area (Å²) in [4.78, 5) is 4.88. The van der Waals surface area contributed by atoms with Crippen molar-refractivity contribution in [2.24, 2.45) is 4.99 Å². The maximum atomic E-state index is 4.88. The minimum Gasteiger partial charge on any atom is -0.360 e. The van der Waals surface area contributed by atoms with Gasteiger partial charge in [0.2, 0.25) is 0 Å². The van der Waals surface area contributed by atoms with E-state index in [1.54, 1.807) is 0 Å². The molecule has 0 bridgehead atoms. The Labute approximate surface area is 294 Å². The molecule has 1 aliphatic carbocycles. The second kappa shape index (κ2) is 11.9. The van der Waals surface area contributed by atoms with Crippen molar-refractivity contribution < 1.29 is 0 Å². The van der Waals surface area contributed by atoms with Crippen LogP contribution in [0.15, 0.2) is 174 Å². The molecule has 10 rings (SSSR count). The lowest BCUT2D eigenvalue weighted by Gasteiger charge is -2.25. The Morgan fingerprint density at radius 2 is 1.34 bits per heavy atom. The van der Waals surface area contributed by atoms with Crippen LogP contribution in [0.4, 0.5) is 0 Å². The van der Waals surface area contributed by atoms with E-state index < -0.39 is 0 Å². The summed E-state index contributed by atoms with van der Waals surface area (Å²) in [6, 6.07) is 50.7. The molecule has 0 radical (unpaired) electrons. The van der Waals surface area contributed by atoms with E-state index in [2.05, 4.69) is 168 Å². The van der Waals surface area contributed by atoms with Crippen LogP contribution < -0.4 is 5.32 Å². The van der Waals surface area contributed by atoms with Crippen LogP contribution in [0.2, 0.25) is 0 Å². The number of benzene rings is 6. The Bertz CT molecular complexity index is 2740. The molecule has 2 aliphatic rings. The maximum absolute atomic E-state index is 4.88. The summed E-state index contributed by atoms with van der Waals surface area (Å²) in [5.74, 6) is 0. The van der Waals surface area contributed by atoms with Gasteiger partial charge >= 0.3 is 0 Å². The number of thiophene rings is 1. The summed E-state index contributed by atoms with van der Waals surface area (Å²) in [6.45, 7) is 0. The Kier molecular flexibility index (Phi) is 6.88. The van der Waals surface area contributed by atoms with Crippen LogP contribution in [0.25, 0.3) is 64.4 Å². The van der Waals surface area contributed by atoms with Gasteiger partial charge in [-0.3, -0.25) is 4.99 Å². The SMILES string of the molecule is C1=NC(c2cccc(-n3c4ccccc4c4cc(-c5cccc6c5sc5ccccc56)ccc43)c2)NC(C2=CC=C(c3ccccc3)CC2)=C1. The molecule has 1 aliphatic heterocycles. The summed E-state index contributed by atoms with van der Waals surface area (Å²) in [7, 11) is 0. The fraction of sp³-hybridized carbons (Fsp3) is 0.0652. The standard InChI is InChI=1S/C46H33N3S/c1-2-10-30(11-3-1)31-20-22-32(23-21-31)41-26-27-47-46(48-41)34-12-8-13-35(28-34)49-42-18-6-4-14-37(42)40-29-33(24-25-43(40)49)36-16-9-17-39-38-15-5-7-19-44(38)50-45(36)39/h1-20,22,24-29,46,48H,21,23H2. The van der Waals surface area contributed by atoms with E-state index in [0.717, 1.165) is 29.8 Å². The monoisotopic (exact) mass is 659 g/mol. The van der Waals surface area contributed by atoms with Gasteiger partial charge in [-0.05, 0) is 88.7 Å². The summed E-state index contributed by atoms with van der Waals surface area (Å²) < 4.78 is 5.08. The summed E-state index contributed by atoms with van der Waals surface area (Å²) >= 11 is 1.88. The topological polar surface area (TPSA) is 29.3 Å². The molecule has 3 heterocycles. The van der Waals surface area contributed by atoms with Crippen LogP contribution in [0, 0.1) is 0 Å². The lowest BCUT2D eigenvalue weighted by molar-refractivity contribution is 0.622. The molecule has 0 saturated heterocycles. The molecule has 3 nitrogen and oxygen atoms in total. The van der Waals surface area contributed by atoms with E-state index in [1.807, 2.05) is 17.6 Å². The van der Waals surface area contributed by atoms with E-state index in [9.17, 15) is 0 Å². The largest absolute Gasteiger partial charge is 0.360 e. The van der Waals surface area contributed by atoms with Gasteiger partial charge in [-0.2, -0.15) is 0 Å². The highest BCUT2D eigenvalue weighted by Crippen LogP contribution is 2.42. The molecule has 4 heteroatoms. The third kappa shape index (κ3) is 4.83. The van der Waals surface area contributed by atoms with Gasteiger partial charge in [-0.1, -0.05) is 115 Å². The van der Waals surface area contributed by atoms with Gasteiger partial charge < -0.3 is 9.88 Å². The molecule has 1 unspecified atom stereocenters. The number of hydrogen-bond donors (Lipinski definition) is 1. The number of rotatable bonds is 5. The Morgan fingerprint density at radius 1 is 0.580 bits per heavy atom. The van der Waals surface area contributed by atoms with Crippen molar-refractivity contribution in [2.45, 2.75) is 19.0 Å². The van der Waals surface area contributed by atoms with Crippen LogP contribution in [0.3, 0.4) is 0 Å². The number of para-hydroxylation sites is 1. The van der Waals surface area contributed by atoms with Crippen LogP contribution in [0.1, 0.15) is 30.1 Å². The number of fused-ring (bicyclic) bond motifs is 6. The number of nitrogens with zero attached hydrogens (tertiary/aromatic N) is 2. The lowest BCUT2D eigenvalue weighted by atomic mass is 9.91. The number of aliphatic imine (C=N–C) groups is 1. The van der Waals surface area contributed by atoms with Gasteiger partial charge in [0.1, 0.15) is 6.17 Å². The van der Waals surface area contributed by atoms with Crippen molar-refractivity contribution >= 4 is 65.1 Å². The minimum atomic E-state index is -0.156. The fourth-order valence-corrected chi connectivity index (χ4v) is 9.03. The minimum absolute atomic E-state index is 0.156. The van der Waals surface area contributed by atoms with E-state index in [4.69, 9.17) is 4.99 Å². The molecule has 1 atom stereocenters. The highest BCUT2D eigenvalue weighted by atomic mass is 32.1. The van der Waals surface area contributed by atoms with Gasteiger partial charge in [0.05, 0.1) is 11.0 Å². The van der Waals surface area contributed by atoms with E-state index in [0.29, 0.717) is 0 Å². The summed E-state index contributed by atoms with van der Waals surface area (Å²) in [5.41, 5.74) is 12.4. The smallest absolute Gasteiger partial charge is 0.144 e. The van der Waals surface area contributed by atoms with Crippen LogP contribution >= 0.6 is 11.3 Å². The van der Waals surface area contributed by atoms with Crippen molar-refractivity contribution in [2.75, 3.05) is 0 Å². The zero-order chi connectivity index (χ0) is 33.0. The first kappa shape index (κ1) is 29.0. The lowest BCUT2D eigenvalue weighted by Crippen LogP contribution is -2.24. The van der Waals surface area contributed by atoms with Crippen molar-refractivity contribution in [1.82, 2.24) is 9.88 Å². The van der Waals surface area contributed by atoms with Gasteiger partial charge in [-0.15, -0.1) is 11.3 Å². The molecular formula is C46H33N3S. The average Bonchev–Trinajstić information content (AvgIpc) is 3.74. The third-order valence-corrected chi connectivity index (χ3v) is 11.5. The zero-order valence-corrected chi connectivity index (χ0v) is 28.2. The Morgan fingerprint density at radius 3 is 2.24 bits per heavy atom. The van der Waals surface area contributed by atoms with Crippen LogP contribution in [-0.2, 0) is 0 Å². The van der Waals surface area contributed by atoms with Crippen molar-refractivity contribution in [3.8, 4) is 16.8 Å². The van der Waals surface area contributed by atoms with Crippen molar-refractivity contribution in [1.29, 1.82) is 0 Å². The number of allylic oxidation sites excluding steroid dienone is 5. The second-order valence-corrected chi connectivity index (χ2v) is 14.2. The predicted octanol–water partition coefficient (Wildman–Crippen LogP) is 12.2. The first-order valence-corrected chi connectivity index (χ1v) is 18.1. The molecule has 50 heavy (non-hydrogen) atoms. The van der Waals surface area contributed by atoms with Gasteiger partial charge in [0.25, 0.3) is 0 Å². The van der Waals surface area contributed by atoms with Gasteiger partial charge in [-0.25, -0.2) is 0 Å². The third-order valence-electron chi connectivity index (χ3n) is 10.2. The normalized spacial score (nSPS) is 16.1. The molecule has 6 aromatic carbocycles. The number of hydrogen-bond acceptors (Lipinski definition) is 3. The van der Waals surface area contributed by atoms with E-state index in [-0.39, 0.29) is 6.17 Å². The summed E-state index contributed by atoms with van der Waals surface area (Å²) in [6.07, 6.45) is 10.5. The Balaban J connectivity index is 1.01. The first-order chi connectivity index (χ1) is 24.8. The average molecular weight is 660 g/mol. The van der Waals surface area contributed by atoms with Crippen LogP contribution in [0.5, 0.6) is 0 Å². The van der Waals surface area contributed by atoms with Crippen molar-refractivity contribution in [3.63, 3.8) is 0 Å². The fourth-order valence-electron chi connectivity index (χ4n) is 7.79. The number of aromatic nitrogens is 1. The molecule has 0 spiro atoms. The highest BCUT2D eigenvalue weighted by Gasteiger charge is 2.20. The molecule has 0 amide bonds. The summed E-state index contributed by atoms with van der Waals surface area (Å²) in [5, 5.41) is 8.92. The zero-order valence-electron chi connectivity index (χ0n) is 27.4. The quantitative estimate of drug-likeness (QED) is 0.196. The molecular weight excluding hydrogens is 627 g/mol. The van der Waals surface area contributed by atoms with E-state index >= 15 is 0 Å². The molecule has 238 valence electrons. The highest BCUT2D eigenvalue weighted by molar-refractivity contribution is 7.26. The molecule has 1 N–H and O–H groups in total. The first-order valence-electron chi connectivity index (χ1n) is 17.3. The molecule has 2 aromatic heterocycles. The van der Waals surface area contributed by atoms with Gasteiger partial charge in [0.15, 0.2) is 0 Å². The van der Waals surface area contributed by atoms with E-state index in [1.165, 1.54) is 69.8 Å². The maximum Gasteiger partial charge on any atom is 0.144 e. The molecule has 0 saturated carbocycles. The van der Waals surface area contributed by atoms with Gasteiger partial charge in [0, 0.05) is 48.5 Å².